The van der Waals surface area contributed by atoms with Crippen LogP contribution < -0.4 is 10.1 Å². The lowest BCUT2D eigenvalue weighted by molar-refractivity contribution is 0.288. The molecule has 1 aliphatic heterocycles. The van der Waals surface area contributed by atoms with E-state index in [9.17, 15) is 0 Å². The number of benzene rings is 1. The summed E-state index contributed by atoms with van der Waals surface area (Å²) in [5.74, 6) is 1.06. The van der Waals surface area contributed by atoms with E-state index in [0.29, 0.717) is 0 Å². The summed E-state index contributed by atoms with van der Waals surface area (Å²) >= 11 is 5.29. The van der Waals surface area contributed by atoms with Crippen LogP contribution in [0.5, 0.6) is 5.75 Å². The monoisotopic (exact) mass is 351 g/mol. The summed E-state index contributed by atoms with van der Waals surface area (Å²) in [5, 5.41) is 5.80. The van der Waals surface area contributed by atoms with E-state index in [1.807, 2.05) is 0 Å². The van der Waals surface area contributed by atoms with Crippen molar-refractivity contribution < 1.29 is 4.74 Å². The molecule has 0 aliphatic carbocycles. The molecule has 0 bridgehead atoms. The predicted octanol–water partition coefficient (Wildman–Crippen LogP) is 4.53. The van der Waals surface area contributed by atoms with Crippen LogP contribution in [0.3, 0.4) is 0 Å². The van der Waals surface area contributed by atoms with Gasteiger partial charge in [-0.15, -0.1) is 11.3 Å². The zero-order valence-corrected chi connectivity index (χ0v) is 13.9. The molecule has 1 aliphatic rings. The van der Waals surface area contributed by atoms with Crippen molar-refractivity contribution in [3.05, 3.63) is 50.1 Å². The Morgan fingerprint density at radius 2 is 2.25 bits per heavy atom. The molecule has 1 N–H and O–H groups in total. The Hall–Kier alpha value is -0.840. The average molecular weight is 352 g/mol. The van der Waals surface area contributed by atoms with Crippen molar-refractivity contribution in [2.24, 2.45) is 0 Å². The Balaban J connectivity index is 1.95. The Bertz CT molecular complexity index is 596. The lowest BCUT2D eigenvalue weighted by Gasteiger charge is -2.22. The van der Waals surface area contributed by atoms with Gasteiger partial charge in [-0.3, -0.25) is 0 Å². The molecule has 0 fully saturated rings. The zero-order chi connectivity index (χ0) is 13.9. The molecule has 0 saturated carbocycles. The molecular formula is C16H18BrNOS. The summed E-state index contributed by atoms with van der Waals surface area (Å²) in [7, 11) is 0. The molecule has 20 heavy (non-hydrogen) atoms. The van der Waals surface area contributed by atoms with Gasteiger partial charge in [-0.1, -0.05) is 19.1 Å². The number of aryl methyl sites for hydroxylation is 1. The van der Waals surface area contributed by atoms with Gasteiger partial charge in [0, 0.05) is 0 Å². The van der Waals surface area contributed by atoms with Crippen molar-refractivity contribution in [2.75, 3.05) is 13.2 Å². The first-order valence-corrected chi connectivity index (χ1v) is 8.68. The van der Waals surface area contributed by atoms with Gasteiger partial charge in [-0.05, 0) is 69.5 Å². The quantitative estimate of drug-likeness (QED) is 0.873. The summed E-state index contributed by atoms with van der Waals surface area (Å²) < 4.78 is 6.88. The van der Waals surface area contributed by atoms with Gasteiger partial charge in [0.15, 0.2) is 0 Å². The molecule has 1 aromatic carbocycles. The highest BCUT2D eigenvalue weighted by Crippen LogP contribution is 2.33. The highest BCUT2D eigenvalue weighted by Gasteiger charge is 2.17. The minimum atomic E-state index is 0.259. The van der Waals surface area contributed by atoms with Gasteiger partial charge in [0.05, 0.1) is 16.4 Å². The van der Waals surface area contributed by atoms with Crippen LogP contribution in [0.25, 0.3) is 0 Å². The van der Waals surface area contributed by atoms with Crippen LogP contribution in [0.15, 0.2) is 33.4 Å². The molecule has 4 heteroatoms. The minimum Gasteiger partial charge on any atom is -0.493 e. The van der Waals surface area contributed by atoms with E-state index in [1.54, 1.807) is 11.3 Å². The summed E-state index contributed by atoms with van der Waals surface area (Å²) in [6, 6.07) is 9.06. The van der Waals surface area contributed by atoms with E-state index >= 15 is 0 Å². The van der Waals surface area contributed by atoms with Crippen LogP contribution >= 0.6 is 27.3 Å². The number of hydrogen-bond donors (Lipinski definition) is 1. The normalized spacial score (nSPS) is 15.5. The topological polar surface area (TPSA) is 21.3 Å². The zero-order valence-electron chi connectivity index (χ0n) is 11.5. The molecule has 1 atom stereocenters. The van der Waals surface area contributed by atoms with Crippen molar-refractivity contribution in [2.45, 2.75) is 25.8 Å². The van der Waals surface area contributed by atoms with Crippen LogP contribution in [0.1, 0.15) is 36.1 Å². The number of fused-ring (bicyclic) bond motifs is 1. The Morgan fingerprint density at radius 3 is 3.00 bits per heavy atom. The second kappa shape index (κ2) is 6.29. The Labute approximate surface area is 132 Å². The average Bonchev–Trinajstić information content (AvgIpc) is 2.90. The predicted molar refractivity (Wildman–Crippen MR) is 87.8 cm³/mol. The number of rotatable bonds is 4. The fourth-order valence-electron chi connectivity index (χ4n) is 2.67. The lowest BCUT2D eigenvalue weighted by Crippen LogP contribution is -2.22. The van der Waals surface area contributed by atoms with E-state index in [4.69, 9.17) is 4.74 Å². The summed E-state index contributed by atoms with van der Waals surface area (Å²) in [5.41, 5.74) is 3.98. The summed E-state index contributed by atoms with van der Waals surface area (Å²) in [4.78, 5) is 0. The third-order valence-corrected chi connectivity index (χ3v) is 5.12. The second-order valence-electron chi connectivity index (χ2n) is 4.99. The second-order valence-corrected chi connectivity index (χ2v) is 7.28. The third kappa shape index (κ3) is 2.92. The van der Waals surface area contributed by atoms with E-state index < -0.39 is 0 Å². The number of halogens is 1. The molecule has 1 aromatic heterocycles. The smallest absolute Gasteiger partial charge is 0.122 e. The Kier molecular flexibility index (Phi) is 4.44. The molecule has 2 aromatic rings. The highest BCUT2D eigenvalue weighted by molar-refractivity contribution is 9.11. The molecular weight excluding hydrogens is 334 g/mol. The minimum absolute atomic E-state index is 0.259. The standard InChI is InChI=1S/C16H18BrNOS/c1-2-18-16(13-9-15(17)20-10-13)12-5-6-14-11(8-12)4-3-7-19-14/h5-6,8-10,16,18H,2-4,7H2,1H3. The number of thiophene rings is 1. The van der Waals surface area contributed by atoms with Gasteiger partial charge < -0.3 is 10.1 Å². The fourth-order valence-corrected chi connectivity index (χ4v) is 3.87. The number of hydrogen-bond acceptors (Lipinski definition) is 3. The van der Waals surface area contributed by atoms with Crippen LogP contribution in [0, 0.1) is 0 Å². The van der Waals surface area contributed by atoms with Crippen LogP contribution in [0.4, 0.5) is 0 Å². The maximum atomic E-state index is 5.70. The first-order valence-electron chi connectivity index (χ1n) is 7.01. The lowest BCUT2D eigenvalue weighted by atomic mass is 9.96. The first kappa shape index (κ1) is 14.1. The molecule has 0 radical (unpaired) electrons. The van der Waals surface area contributed by atoms with Crippen molar-refractivity contribution in [3.8, 4) is 5.75 Å². The van der Waals surface area contributed by atoms with Gasteiger partial charge in [-0.25, -0.2) is 0 Å². The van der Waals surface area contributed by atoms with Crippen LogP contribution in [0.2, 0.25) is 0 Å². The maximum Gasteiger partial charge on any atom is 0.122 e. The third-order valence-electron chi connectivity index (χ3n) is 3.60. The van der Waals surface area contributed by atoms with E-state index in [0.717, 1.165) is 31.7 Å². The van der Waals surface area contributed by atoms with Crippen LogP contribution in [-0.4, -0.2) is 13.2 Å². The molecule has 2 nitrogen and oxygen atoms in total. The molecule has 0 amide bonds. The molecule has 0 saturated heterocycles. The van der Waals surface area contributed by atoms with Gasteiger partial charge in [0.2, 0.25) is 0 Å². The van der Waals surface area contributed by atoms with E-state index in [1.165, 1.54) is 20.5 Å². The fraction of sp³-hybridized carbons (Fsp3) is 0.375. The SMILES string of the molecule is CCNC(c1csc(Br)c1)c1ccc2c(c1)CCCO2. The molecule has 0 spiro atoms. The highest BCUT2D eigenvalue weighted by atomic mass is 79.9. The molecule has 2 heterocycles. The Morgan fingerprint density at radius 1 is 1.35 bits per heavy atom. The van der Waals surface area contributed by atoms with Gasteiger partial charge >= 0.3 is 0 Å². The van der Waals surface area contributed by atoms with Crippen molar-refractivity contribution in [1.82, 2.24) is 5.32 Å². The first-order chi connectivity index (χ1) is 9.78. The number of ether oxygens (including phenoxy) is 1. The summed E-state index contributed by atoms with van der Waals surface area (Å²) in [6.45, 7) is 3.95. The van der Waals surface area contributed by atoms with Gasteiger partial charge in [0.25, 0.3) is 0 Å². The maximum absolute atomic E-state index is 5.70. The van der Waals surface area contributed by atoms with Crippen molar-refractivity contribution >= 4 is 27.3 Å². The molecule has 3 rings (SSSR count). The van der Waals surface area contributed by atoms with Crippen molar-refractivity contribution in [1.29, 1.82) is 0 Å². The largest absolute Gasteiger partial charge is 0.493 e. The van der Waals surface area contributed by atoms with Gasteiger partial charge in [0.1, 0.15) is 5.75 Å². The molecule has 1 unspecified atom stereocenters. The number of nitrogens with one attached hydrogen (secondary N) is 1. The van der Waals surface area contributed by atoms with E-state index in [-0.39, 0.29) is 6.04 Å². The van der Waals surface area contributed by atoms with Gasteiger partial charge in [-0.2, -0.15) is 0 Å². The summed E-state index contributed by atoms with van der Waals surface area (Å²) in [6.07, 6.45) is 2.24. The van der Waals surface area contributed by atoms with Crippen molar-refractivity contribution in [3.63, 3.8) is 0 Å². The van der Waals surface area contributed by atoms with Crippen LogP contribution in [-0.2, 0) is 6.42 Å². The van der Waals surface area contributed by atoms with E-state index in [2.05, 4.69) is 57.8 Å². The molecule has 106 valence electrons.